The number of hydrazine groups is 1. The van der Waals surface area contributed by atoms with Crippen molar-refractivity contribution in [1.29, 1.82) is 0 Å². The van der Waals surface area contributed by atoms with Crippen molar-refractivity contribution in [2.75, 3.05) is 25.1 Å². The zero-order valence-corrected chi connectivity index (χ0v) is 16.0. The summed E-state index contributed by atoms with van der Waals surface area (Å²) in [6.45, 7) is 2.90. The maximum absolute atomic E-state index is 12.4. The number of pyridine rings is 1. The zero-order valence-electron chi connectivity index (χ0n) is 16.0. The van der Waals surface area contributed by atoms with E-state index in [0.717, 1.165) is 18.4 Å². The summed E-state index contributed by atoms with van der Waals surface area (Å²) in [6, 6.07) is 3.66. The lowest BCUT2D eigenvalue weighted by Gasteiger charge is -2.30. The lowest BCUT2D eigenvalue weighted by atomic mass is 10.1. The molecule has 4 rings (SSSR count). The molecular weight excluding hydrogens is 376 g/mol. The van der Waals surface area contributed by atoms with Gasteiger partial charge in [-0.3, -0.25) is 5.43 Å². The molecule has 0 radical (unpaired) electrons. The molecule has 0 aliphatic carbocycles. The monoisotopic (exact) mass is 398 g/mol. The molecule has 3 N–H and O–H groups in total. The van der Waals surface area contributed by atoms with Crippen LogP contribution < -0.4 is 5.43 Å². The minimum atomic E-state index is -0.694. The first kappa shape index (κ1) is 19.2. The van der Waals surface area contributed by atoms with Gasteiger partial charge in [-0.05, 0) is 38.0 Å². The number of fused-ring (bicyclic) bond motifs is 1. The van der Waals surface area contributed by atoms with Crippen molar-refractivity contribution < 1.29 is 24.2 Å². The van der Waals surface area contributed by atoms with E-state index in [1.807, 2.05) is 6.07 Å². The van der Waals surface area contributed by atoms with E-state index in [1.54, 1.807) is 36.5 Å². The molecule has 2 aliphatic heterocycles. The summed E-state index contributed by atoms with van der Waals surface area (Å²) in [7, 11) is 0. The predicted molar refractivity (Wildman–Crippen MR) is 107 cm³/mol. The molecule has 0 saturated carbocycles. The van der Waals surface area contributed by atoms with E-state index >= 15 is 0 Å². The number of nitrogens with zero attached hydrogens (tertiary/aromatic N) is 3. The van der Waals surface area contributed by atoms with Crippen molar-refractivity contribution in [1.82, 2.24) is 9.99 Å². The van der Waals surface area contributed by atoms with Crippen LogP contribution in [0.15, 0.2) is 27.7 Å². The summed E-state index contributed by atoms with van der Waals surface area (Å²) in [5, 5.41) is 22.3. The highest BCUT2D eigenvalue weighted by Gasteiger charge is 2.29. The number of rotatable bonds is 5. The zero-order chi connectivity index (χ0) is 20.4. The molecule has 2 aromatic heterocycles. The Bertz CT molecular complexity index is 981. The fourth-order valence-corrected chi connectivity index (χ4v) is 3.39. The number of esters is 1. The fourth-order valence-electron chi connectivity index (χ4n) is 3.39. The Morgan fingerprint density at radius 3 is 3.17 bits per heavy atom. The van der Waals surface area contributed by atoms with Gasteiger partial charge in [0.1, 0.15) is 0 Å². The second-order valence-corrected chi connectivity index (χ2v) is 6.83. The first-order chi connectivity index (χ1) is 14.1. The highest BCUT2D eigenvalue weighted by Crippen LogP contribution is 2.38. The summed E-state index contributed by atoms with van der Waals surface area (Å²) in [6.07, 6.45) is 5.93. The van der Waals surface area contributed by atoms with E-state index in [4.69, 9.17) is 9.15 Å². The number of aliphatic hydroxyl groups is 1. The van der Waals surface area contributed by atoms with Gasteiger partial charge >= 0.3 is 5.97 Å². The van der Waals surface area contributed by atoms with Gasteiger partial charge in [-0.25, -0.2) is 19.8 Å². The molecule has 2 aromatic rings. The number of anilines is 1. The van der Waals surface area contributed by atoms with Gasteiger partial charge in [0, 0.05) is 36.6 Å². The number of aliphatic imine (C=N–C) groups is 1. The van der Waals surface area contributed by atoms with Gasteiger partial charge in [-0.1, -0.05) is 0 Å². The van der Waals surface area contributed by atoms with Crippen molar-refractivity contribution in [2.45, 2.75) is 25.9 Å². The normalized spacial score (nSPS) is 20.1. The van der Waals surface area contributed by atoms with Crippen LogP contribution in [0.25, 0.3) is 11.6 Å². The molecule has 0 amide bonds. The second-order valence-electron chi connectivity index (χ2n) is 6.83. The molecule has 0 spiro atoms. The van der Waals surface area contributed by atoms with Crippen molar-refractivity contribution in [3.8, 4) is 5.75 Å². The third-order valence-corrected chi connectivity index (χ3v) is 4.76. The number of allylic oxidation sites excluding steroid dienone is 1. The van der Waals surface area contributed by atoms with Crippen LogP contribution in [-0.2, 0) is 4.74 Å². The Hall–Kier alpha value is -3.17. The van der Waals surface area contributed by atoms with Gasteiger partial charge in [0.15, 0.2) is 22.9 Å². The average Bonchev–Trinajstić information content (AvgIpc) is 3.24. The topological polar surface area (TPSA) is 120 Å². The van der Waals surface area contributed by atoms with Crippen LogP contribution in [0.3, 0.4) is 0 Å². The largest absolute Gasteiger partial charge is 0.504 e. The van der Waals surface area contributed by atoms with Gasteiger partial charge in [0.25, 0.3) is 0 Å². The van der Waals surface area contributed by atoms with Crippen LogP contribution in [-0.4, -0.2) is 58.2 Å². The molecule has 1 unspecified atom stereocenters. The Morgan fingerprint density at radius 1 is 1.52 bits per heavy atom. The Labute approximate surface area is 167 Å². The van der Waals surface area contributed by atoms with E-state index in [2.05, 4.69) is 15.4 Å². The summed E-state index contributed by atoms with van der Waals surface area (Å²) in [5.41, 5.74) is 4.41. The highest BCUT2D eigenvalue weighted by molar-refractivity contribution is 6.21. The molecule has 1 fully saturated rings. The smallest absolute Gasteiger partial charge is 0.347 e. The number of hydrogen-bond donors (Lipinski definition) is 3. The predicted octanol–water partition coefficient (Wildman–Crippen LogP) is 2.60. The molecule has 4 heterocycles. The molecule has 2 aliphatic rings. The van der Waals surface area contributed by atoms with E-state index in [-0.39, 0.29) is 29.6 Å². The molecule has 1 saturated heterocycles. The molecule has 9 heteroatoms. The number of β-amino-alcohol motifs (C(OH)–C–C–N with tert-alkyl or cyclic N) is 1. The second kappa shape index (κ2) is 8.06. The lowest BCUT2D eigenvalue weighted by Crippen LogP contribution is -2.41. The third kappa shape index (κ3) is 3.87. The Balaban J connectivity index is 1.69. The third-order valence-electron chi connectivity index (χ3n) is 4.76. The van der Waals surface area contributed by atoms with Crippen LogP contribution in [0.4, 0.5) is 11.7 Å². The molecule has 29 heavy (non-hydrogen) atoms. The summed E-state index contributed by atoms with van der Waals surface area (Å²) >= 11 is 0. The number of piperidine rings is 1. The van der Waals surface area contributed by atoms with E-state index < -0.39 is 12.1 Å². The van der Waals surface area contributed by atoms with Crippen molar-refractivity contribution >= 4 is 35.5 Å². The minimum Gasteiger partial charge on any atom is -0.504 e. The molecular formula is C20H22N4O5. The number of furan rings is 1. The van der Waals surface area contributed by atoms with Crippen LogP contribution in [0.5, 0.6) is 5.75 Å². The first-order valence-electron chi connectivity index (χ1n) is 9.50. The Kier molecular flexibility index (Phi) is 5.32. The highest BCUT2D eigenvalue weighted by atomic mass is 16.5. The summed E-state index contributed by atoms with van der Waals surface area (Å²) in [5.74, 6) is -0.257. The van der Waals surface area contributed by atoms with Gasteiger partial charge in [-0.15, -0.1) is 0 Å². The number of hydrogen-bond acceptors (Lipinski definition) is 9. The fraction of sp³-hybridized carbons (Fsp3) is 0.350. The SMILES string of the molecule is CCOC(=O)c1c(NN2CCCC(O)C2)oc(C=C2C=Nc3ncccc32)c1O. The molecule has 1 atom stereocenters. The van der Waals surface area contributed by atoms with E-state index in [9.17, 15) is 15.0 Å². The lowest BCUT2D eigenvalue weighted by molar-refractivity contribution is 0.0522. The molecule has 152 valence electrons. The number of aromatic hydroxyl groups is 1. The minimum absolute atomic E-state index is 0.0724. The standard InChI is InChI=1S/C20H22N4O5/c1-2-28-20(27)16-17(26)15(9-12-10-22-18-14(12)6-3-7-21-18)29-19(16)23-24-8-4-5-13(25)11-24/h3,6-7,9-10,13,23,25-26H,2,4-5,8,11H2,1H3. The van der Waals surface area contributed by atoms with E-state index in [1.165, 1.54) is 0 Å². The average molecular weight is 398 g/mol. The van der Waals surface area contributed by atoms with Gasteiger partial charge in [0.2, 0.25) is 5.88 Å². The number of carbonyl (C=O) groups excluding carboxylic acids is 1. The van der Waals surface area contributed by atoms with Crippen molar-refractivity contribution in [3.05, 3.63) is 35.2 Å². The maximum Gasteiger partial charge on any atom is 0.347 e. The molecule has 9 nitrogen and oxygen atoms in total. The van der Waals surface area contributed by atoms with Crippen LogP contribution in [0.1, 0.15) is 41.4 Å². The number of nitrogens with one attached hydrogen (secondary N) is 1. The summed E-state index contributed by atoms with van der Waals surface area (Å²) in [4.78, 5) is 20.9. The van der Waals surface area contributed by atoms with Gasteiger partial charge < -0.3 is 19.4 Å². The van der Waals surface area contributed by atoms with Crippen molar-refractivity contribution in [3.63, 3.8) is 0 Å². The molecule has 0 aromatic carbocycles. The quantitative estimate of drug-likeness (QED) is 0.658. The van der Waals surface area contributed by atoms with Gasteiger partial charge in [-0.2, -0.15) is 0 Å². The van der Waals surface area contributed by atoms with Crippen LogP contribution >= 0.6 is 0 Å². The van der Waals surface area contributed by atoms with Crippen LogP contribution in [0.2, 0.25) is 0 Å². The van der Waals surface area contributed by atoms with Crippen molar-refractivity contribution in [2.24, 2.45) is 4.99 Å². The number of carbonyl (C=O) groups is 1. The number of aliphatic hydroxyl groups excluding tert-OH is 1. The van der Waals surface area contributed by atoms with E-state index in [0.29, 0.717) is 24.5 Å². The van der Waals surface area contributed by atoms with Gasteiger partial charge in [0.05, 0.1) is 12.7 Å². The number of aromatic nitrogens is 1. The molecule has 0 bridgehead atoms. The Morgan fingerprint density at radius 2 is 2.38 bits per heavy atom. The number of ether oxygens (including phenoxy) is 1. The summed E-state index contributed by atoms with van der Waals surface area (Å²) < 4.78 is 10.9. The first-order valence-corrected chi connectivity index (χ1v) is 9.50. The maximum atomic E-state index is 12.4. The van der Waals surface area contributed by atoms with Crippen LogP contribution in [0, 0.1) is 0 Å².